The number of nitrogens with two attached hydrogens (primary N) is 1. The minimum Gasteiger partial charge on any atom is -0.366 e. The number of rotatable bonds is 4. The van der Waals surface area contributed by atoms with Gasteiger partial charge in [0.2, 0.25) is 5.91 Å². The van der Waals surface area contributed by atoms with E-state index in [1.165, 1.54) is 6.92 Å². The summed E-state index contributed by atoms with van der Waals surface area (Å²) in [5.74, 6) is -0.435. The average molecular weight is 195 g/mol. The van der Waals surface area contributed by atoms with Gasteiger partial charge in [0.1, 0.15) is 0 Å². The van der Waals surface area contributed by atoms with E-state index >= 15 is 0 Å². The number of halogens is 1. The van der Waals surface area contributed by atoms with Gasteiger partial charge in [0.05, 0.1) is 6.17 Å². The SMILES string of the molecule is CC(F)CCc1ccc(C(N)=O)cc1. The predicted octanol–water partition coefficient (Wildman–Crippen LogP) is 2.08. The number of alkyl halides is 1. The minimum absolute atomic E-state index is 0.435. The van der Waals surface area contributed by atoms with Crippen molar-refractivity contribution in [1.29, 1.82) is 0 Å². The summed E-state index contributed by atoms with van der Waals surface area (Å²) in [6.07, 6.45) is 0.415. The van der Waals surface area contributed by atoms with Gasteiger partial charge in [0, 0.05) is 5.56 Å². The van der Waals surface area contributed by atoms with Gasteiger partial charge in [-0.25, -0.2) is 4.39 Å². The highest BCUT2D eigenvalue weighted by molar-refractivity contribution is 5.92. The second-order valence-electron chi connectivity index (χ2n) is 3.38. The summed E-state index contributed by atoms with van der Waals surface area (Å²) in [6.45, 7) is 1.54. The topological polar surface area (TPSA) is 43.1 Å². The molecule has 0 radical (unpaired) electrons. The zero-order valence-electron chi connectivity index (χ0n) is 8.16. The van der Waals surface area contributed by atoms with Crippen LogP contribution >= 0.6 is 0 Å². The fourth-order valence-corrected chi connectivity index (χ4v) is 1.20. The Labute approximate surface area is 82.9 Å². The molecule has 0 bridgehead atoms. The van der Waals surface area contributed by atoms with Crippen molar-refractivity contribution in [2.24, 2.45) is 5.73 Å². The number of carbonyl (C=O) groups is 1. The van der Waals surface area contributed by atoms with Gasteiger partial charge in [0.25, 0.3) is 0 Å². The zero-order chi connectivity index (χ0) is 10.6. The molecule has 0 spiro atoms. The largest absolute Gasteiger partial charge is 0.366 e. The van der Waals surface area contributed by atoms with Crippen LogP contribution in [0.5, 0.6) is 0 Å². The Morgan fingerprint density at radius 3 is 2.43 bits per heavy atom. The molecule has 1 unspecified atom stereocenters. The van der Waals surface area contributed by atoms with Gasteiger partial charge in [-0.1, -0.05) is 12.1 Å². The van der Waals surface area contributed by atoms with Crippen LogP contribution in [0.1, 0.15) is 29.3 Å². The minimum atomic E-state index is -0.786. The molecule has 1 atom stereocenters. The summed E-state index contributed by atoms with van der Waals surface area (Å²) in [5.41, 5.74) is 6.60. The van der Waals surface area contributed by atoms with Crippen LogP contribution in [0, 0.1) is 0 Å². The summed E-state index contributed by atoms with van der Waals surface area (Å²) in [4.78, 5) is 10.7. The van der Waals surface area contributed by atoms with E-state index < -0.39 is 12.1 Å². The smallest absolute Gasteiger partial charge is 0.248 e. The lowest BCUT2D eigenvalue weighted by molar-refractivity contribution is 0.100. The quantitative estimate of drug-likeness (QED) is 0.785. The number of benzene rings is 1. The molecule has 0 fully saturated rings. The van der Waals surface area contributed by atoms with Gasteiger partial charge in [-0.3, -0.25) is 4.79 Å². The Morgan fingerprint density at radius 1 is 1.43 bits per heavy atom. The molecule has 14 heavy (non-hydrogen) atoms. The Hall–Kier alpha value is -1.38. The predicted molar refractivity (Wildman–Crippen MR) is 53.9 cm³/mol. The van der Waals surface area contributed by atoms with E-state index in [0.29, 0.717) is 18.4 Å². The Balaban J connectivity index is 2.60. The standard InChI is InChI=1S/C11H14FNO/c1-8(12)2-3-9-4-6-10(7-5-9)11(13)14/h4-8H,2-3H2,1H3,(H2,13,14). The maximum Gasteiger partial charge on any atom is 0.248 e. The van der Waals surface area contributed by atoms with Crippen LogP contribution in [-0.4, -0.2) is 12.1 Å². The highest BCUT2D eigenvalue weighted by atomic mass is 19.1. The fourth-order valence-electron chi connectivity index (χ4n) is 1.20. The molecule has 0 aliphatic rings. The molecule has 76 valence electrons. The molecule has 0 heterocycles. The van der Waals surface area contributed by atoms with E-state index in [9.17, 15) is 9.18 Å². The Kier molecular flexibility index (Phi) is 3.63. The monoisotopic (exact) mass is 195 g/mol. The van der Waals surface area contributed by atoms with Gasteiger partial charge in [-0.15, -0.1) is 0 Å². The summed E-state index contributed by atoms with van der Waals surface area (Å²) in [7, 11) is 0. The molecule has 1 aromatic carbocycles. The van der Waals surface area contributed by atoms with Gasteiger partial charge in [0.15, 0.2) is 0 Å². The molecule has 3 heteroatoms. The van der Waals surface area contributed by atoms with Gasteiger partial charge in [-0.2, -0.15) is 0 Å². The van der Waals surface area contributed by atoms with E-state index in [0.717, 1.165) is 5.56 Å². The molecule has 0 aliphatic carbocycles. The molecule has 1 rings (SSSR count). The fraction of sp³-hybridized carbons (Fsp3) is 0.364. The molecule has 1 amide bonds. The summed E-state index contributed by atoms with van der Waals surface area (Å²) in [6, 6.07) is 6.95. The van der Waals surface area contributed by atoms with E-state index in [2.05, 4.69) is 0 Å². The molecular weight excluding hydrogens is 181 g/mol. The third-order valence-electron chi connectivity index (χ3n) is 2.07. The van der Waals surface area contributed by atoms with Crippen LogP contribution in [-0.2, 0) is 6.42 Å². The number of primary amides is 1. The second kappa shape index (κ2) is 4.74. The molecule has 0 aliphatic heterocycles. The summed E-state index contributed by atoms with van der Waals surface area (Å²) < 4.78 is 12.5. The first kappa shape index (κ1) is 10.7. The van der Waals surface area contributed by atoms with Crippen molar-refractivity contribution in [3.05, 3.63) is 35.4 Å². The average Bonchev–Trinajstić information content (AvgIpc) is 2.15. The summed E-state index contributed by atoms with van der Waals surface area (Å²) >= 11 is 0. The number of hydrogen-bond donors (Lipinski definition) is 1. The van der Waals surface area contributed by atoms with Crippen molar-refractivity contribution in [3.8, 4) is 0 Å². The molecule has 2 nitrogen and oxygen atoms in total. The first-order valence-electron chi connectivity index (χ1n) is 4.62. The number of hydrogen-bond acceptors (Lipinski definition) is 1. The molecule has 0 aromatic heterocycles. The lowest BCUT2D eigenvalue weighted by Crippen LogP contribution is -2.10. The molecule has 0 saturated heterocycles. The number of amides is 1. The number of carbonyl (C=O) groups excluding carboxylic acids is 1. The van der Waals surface area contributed by atoms with Gasteiger partial charge >= 0.3 is 0 Å². The number of aryl methyl sites for hydroxylation is 1. The molecular formula is C11H14FNO. The first-order chi connectivity index (χ1) is 6.59. The van der Waals surface area contributed by atoms with Crippen molar-refractivity contribution in [2.75, 3.05) is 0 Å². The molecule has 2 N–H and O–H groups in total. The van der Waals surface area contributed by atoms with E-state index in [1.54, 1.807) is 12.1 Å². The van der Waals surface area contributed by atoms with Gasteiger partial charge in [-0.05, 0) is 37.5 Å². The van der Waals surface area contributed by atoms with Crippen molar-refractivity contribution in [2.45, 2.75) is 25.9 Å². The van der Waals surface area contributed by atoms with Crippen LogP contribution in [0.25, 0.3) is 0 Å². The second-order valence-corrected chi connectivity index (χ2v) is 3.38. The van der Waals surface area contributed by atoms with Crippen LogP contribution < -0.4 is 5.73 Å². The maximum atomic E-state index is 12.5. The Morgan fingerprint density at radius 2 is 2.00 bits per heavy atom. The zero-order valence-corrected chi connectivity index (χ0v) is 8.16. The van der Waals surface area contributed by atoms with E-state index in [1.807, 2.05) is 12.1 Å². The van der Waals surface area contributed by atoms with Crippen molar-refractivity contribution in [3.63, 3.8) is 0 Å². The van der Waals surface area contributed by atoms with Crippen LogP contribution in [0.3, 0.4) is 0 Å². The van der Waals surface area contributed by atoms with E-state index in [-0.39, 0.29) is 0 Å². The van der Waals surface area contributed by atoms with Crippen LogP contribution in [0.2, 0.25) is 0 Å². The van der Waals surface area contributed by atoms with Crippen molar-refractivity contribution in [1.82, 2.24) is 0 Å². The van der Waals surface area contributed by atoms with Crippen LogP contribution in [0.15, 0.2) is 24.3 Å². The van der Waals surface area contributed by atoms with E-state index in [4.69, 9.17) is 5.73 Å². The first-order valence-corrected chi connectivity index (χ1v) is 4.62. The molecule has 0 saturated carbocycles. The molecule has 1 aromatic rings. The van der Waals surface area contributed by atoms with Crippen molar-refractivity contribution < 1.29 is 9.18 Å². The maximum absolute atomic E-state index is 12.5. The highest BCUT2D eigenvalue weighted by Gasteiger charge is 2.01. The van der Waals surface area contributed by atoms with Crippen LogP contribution in [0.4, 0.5) is 4.39 Å². The highest BCUT2D eigenvalue weighted by Crippen LogP contribution is 2.08. The third-order valence-corrected chi connectivity index (χ3v) is 2.07. The third kappa shape index (κ3) is 3.17. The van der Waals surface area contributed by atoms with Gasteiger partial charge < -0.3 is 5.73 Å². The van der Waals surface area contributed by atoms with Crippen molar-refractivity contribution >= 4 is 5.91 Å². The lowest BCUT2D eigenvalue weighted by Gasteiger charge is -2.02. The normalized spacial score (nSPS) is 12.4. The Bertz CT molecular complexity index is 306. The lowest BCUT2D eigenvalue weighted by atomic mass is 10.1. The summed E-state index contributed by atoms with van der Waals surface area (Å²) in [5, 5.41) is 0.